The van der Waals surface area contributed by atoms with Gasteiger partial charge in [-0.25, -0.2) is 0 Å². The molecule has 1 fully saturated rings. The minimum Gasteiger partial charge on any atom is -0.352 e. The molecule has 0 radical (unpaired) electrons. The Kier molecular flexibility index (Phi) is 4.49. The minimum absolute atomic E-state index is 0.0102. The summed E-state index contributed by atoms with van der Waals surface area (Å²) in [7, 11) is 0. The molecule has 1 aromatic rings. The molecule has 0 aromatic heterocycles. The first kappa shape index (κ1) is 14.0. The van der Waals surface area contributed by atoms with E-state index in [1.165, 1.54) is 12.1 Å². The van der Waals surface area contributed by atoms with Gasteiger partial charge in [-0.3, -0.25) is 14.9 Å². The smallest absolute Gasteiger partial charge is 0.270 e. The Morgan fingerprint density at radius 2 is 2.37 bits per heavy atom. The average Bonchev–Trinajstić information content (AvgIpc) is 2.84. The number of nitro groups is 1. The highest BCUT2D eigenvalue weighted by Crippen LogP contribution is 2.23. The fourth-order valence-electron chi connectivity index (χ4n) is 2.02. The van der Waals surface area contributed by atoms with Gasteiger partial charge in [-0.2, -0.15) is 0 Å². The molecular formula is C12H14BrN3O3. The van der Waals surface area contributed by atoms with Crippen molar-refractivity contribution in [2.75, 3.05) is 13.1 Å². The van der Waals surface area contributed by atoms with Crippen molar-refractivity contribution in [1.29, 1.82) is 0 Å². The van der Waals surface area contributed by atoms with Gasteiger partial charge in [0.25, 0.3) is 5.69 Å². The van der Waals surface area contributed by atoms with Crippen LogP contribution >= 0.6 is 15.9 Å². The molecule has 1 atom stereocenters. The molecule has 0 spiro atoms. The number of carbonyl (C=O) groups excluding carboxylic acids is 1. The lowest BCUT2D eigenvalue weighted by Crippen LogP contribution is -2.37. The number of nitrogens with one attached hydrogen (secondary N) is 2. The highest BCUT2D eigenvalue weighted by atomic mass is 79.9. The number of non-ortho nitro benzene ring substituents is 1. The summed E-state index contributed by atoms with van der Waals surface area (Å²) in [6, 6.07) is 4.61. The van der Waals surface area contributed by atoms with Crippen LogP contribution in [0, 0.1) is 10.1 Å². The second-order valence-corrected chi connectivity index (χ2v) is 5.32. The fraction of sp³-hybridized carbons (Fsp3) is 0.417. The molecule has 6 nitrogen and oxygen atoms in total. The molecule has 2 N–H and O–H groups in total. The van der Waals surface area contributed by atoms with Gasteiger partial charge < -0.3 is 10.6 Å². The Hall–Kier alpha value is -1.47. The van der Waals surface area contributed by atoms with Gasteiger partial charge in [0.15, 0.2) is 0 Å². The van der Waals surface area contributed by atoms with Crippen molar-refractivity contribution in [3.8, 4) is 0 Å². The first-order chi connectivity index (χ1) is 9.06. The topological polar surface area (TPSA) is 84.3 Å². The van der Waals surface area contributed by atoms with Crippen LogP contribution in [0.5, 0.6) is 0 Å². The van der Waals surface area contributed by atoms with Crippen molar-refractivity contribution in [1.82, 2.24) is 10.6 Å². The van der Waals surface area contributed by atoms with Gasteiger partial charge in [-0.05, 0) is 18.5 Å². The lowest BCUT2D eigenvalue weighted by atomic mass is 10.1. The van der Waals surface area contributed by atoms with Crippen LogP contribution in [0.15, 0.2) is 22.7 Å². The summed E-state index contributed by atoms with van der Waals surface area (Å²) in [6.45, 7) is 1.72. The minimum atomic E-state index is -0.460. The summed E-state index contributed by atoms with van der Waals surface area (Å²) in [6.07, 6.45) is 1.16. The normalized spacial score (nSPS) is 18.3. The summed E-state index contributed by atoms with van der Waals surface area (Å²) >= 11 is 3.26. The van der Waals surface area contributed by atoms with Crippen LogP contribution in [0.4, 0.5) is 5.69 Å². The Labute approximate surface area is 118 Å². The van der Waals surface area contributed by atoms with Crippen LogP contribution in [0.3, 0.4) is 0 Å². The SMILES string of the molecule is O=C(Cc1ccc([N+](=O)[O-])cc1Br)NC1CCNC1. The van der Waals surface area contributed by atoms with Gasteiger partial charge in [-0.1, -0.05) is 22.0 Å². The van der Waals surface area contributed by atoms with Gasteiger partial charge in [0.1, 0.15) is 0 Å². The molecule has 19 heavy (non-hydrogen) atoms. The molecule has 1 heterocycles. The van der Waals surface area contributed by atoms with Crippen LogP contribution in [-0.2, 0) is 11.2 Å². The van der Waals surface area contributed by atoms with Crippen LogP contribution in [-0.4, -0.2) is 30.0 Å². The van der Waals surface area contributed by atoms with E-state index in [0.29, 0.717) is 4.47 Å². The van der Waals surface area contributed by atoms with Crippen molar-refractivity contribution in [2.45, 2.75) is 18.9 Å². The van der Waals surface area contributed by atoms with E-state index in [9.17, 15) is 14.9 Å². The van der Waals surface area contributed by atoms with Crippen molar-refractivity contribution >= 4 is 27.5 Å². The van der Waals surface area contributed by atoms with Gasteiger partial charge >= 0.3 is 0 Å². The quantitative estimate of drug-likeness (QED) is 0.646. The van der Waals surface area contributed by atoms with Crippen LogP contribution in [0.1, 0.15) is 12.0 Å². The second-order valence-electron chi connectivity index (χ2n) is 4.47. The lowest BCUT2D eigenvalue weighted by Gasteiger charge is -2.11. The Bertz CT molecular complexity index is 501. The number of nitrogens with zero attached hydrogens (tertiary/aromatic N) is 1. The van der Waals surface area contributed by atoms with E-state index in [1.54, 1.807) is 6.07 Å². The van der Waals surface area contributed by atoms with Crippen LogP contribution in [0.2, 0.25) is 0 Å². The molecule has 2 rings (SSSR count). The molecular weight excluding hydrogens is 314 g/mol. The molecule has 0 saturated carbocycles. The molecule has 0 aliphatic carbocycles. The summed E-state index contributed by atoms with van der Waals surface area (Å²) in [5, 5.41) is 16.7. The predicted molar refractivity (Wildman–Crippen MR) is 73.9 cm³/mol. The number of amides is 1. The van der Waals surface area contributed by atoms with E-state index in [2.05, 4.69) is 26.6 Å². The zero-order valence-corrected chi connectivity index (χ0v) is 11.8. The molecule has 7 heteroatoms. The van der Waals surface area contributed by atoms with Gasteiger partial charge in [-0.15, -0.1) is 0 Å². The molecule has 0 bridgehead atoms. The van der Waals surface area contributed by atoms with E-state index in [1.807, 2.05) is 0 Å². The molecule has 1 unspecified atom stereocenters. The van der Waals surface area contributed by atoms with Crippen molar-refractivity contribution in [3.63, 3.8) is 0 Å². The summed E-state index contributed by atoms with van der Waals surface area (Å²) < 4.78 is 0.585. The molecule has 1 aliphatic heterocycles. The highest BCUT2D eigenvalue weighted by Gasteiger charge is 2.18. The van der Waals surface area contributed by atoms with E-state index in [4.69, 9.17) is 0 Å². The number of rotatable bonds is 4. The third kappa shape index (κ3) is 3.74. The Balaban J connectivity index is 1.98. The maximum Gasteiger partial charge on any atom is 0.270 e. The first-order valence-electron chi connectivity index (χ1n) is 5.99. The molecule has 1 saturated heterocycles. The maximum absolute atomic E-state index is 11.8. The summed E-state index contributed by atoms with van der Waals surface area (Å²) in [5.74, 6) is -0.0664. The number of halogens is 1. The maximum atomic E-state index is 11.8. The predicted octanol–water partition coefficient (Wildman–Crippen LogP) is 1.38. The lowest BCUT2D eigenvalue weighted by molar-refractivity contribution is -0.384. The van der Waals surface area contributed by atoms with Gasteiger partial charge in [0.05, 0.1) is 11.3 Å². The second kappa shape index (κ2) is 6.12. The Morgan fingerprint density at radius 3 is 2.95 bits per heavy atom. The monoisotopic (exact) mass is 327 g/mol. The van der Waals surface area contributed by atoms with Crippen LogP contribution in [0.25, 0.3) is 0 Å². The molecule has 1 aliphatic rings. The van der Waals surface area contributed by atoms with Crippen LogP contribution < -0.4 is 10.6 Å². The molecule has 102 valence electrons. The Morgan fingerprint density at radius 1 is 1.58 bits per heavy atom. The zero-order chi connectivity index (χ0) is 13.8. The van der Waals surface area contributed by atoms with E-state index >= 15 is 0 Å². The van der Waals surface area contributed by atoms with E-state index in [0.717, 1.165) is 25.1 Å². The number of hydrogen-bond acceptors (Lipinski definition) is 4. The van der Waals surface area contributed by atoms with Crippen molar-refractivity contribution in [3.05, 3.63) is 38.3 Å². The van der Waals surface area contributed by atoms with E-state index < -0.39 is 4.92 Å². The van der Waals surface area contributed by atoms with E-state index in [-0.39, 0.29) is 24.1 Å². The largest absolute Gasteiger partial charge is 0.352 e. The van der Waals surface area contributed by atoms with Crippen molar-refractivity contribution in [2.24, 2.45) is 0 Å². The third-order valence-electron chi connectivity index (χ3n) is 3.02. The fourth-order valence-corrected chi connectivity index (χ4v) is 2.53. The van der Waals surface area contributed by atoms with Gasteiger partial charge in [0, 0.05) is 29.2 Å². The third-order valence-corrected chi connectivity index (χ3v) is 3.76. The van der Waals surface area contributed by atoms with Crippen molar-refractivity contribution < 1.29 is 9.72 Å². The highest BCUT2D eigenvalue weighted by molar-refractivity contribution is 9.10. The molecule has 1 aromatic carbocycles. The number of benzene rings is 1. The standard InChI is InChI=1S/C12H14BrN3O3/c13-11-6-10(16(18)19)2-1-8(11)5-12(17)15-9-3-4-14-7-9/h1-2,6,9,14H,3-5,7H2,(H,15,17). The molecule has 1 amide bonds. The number of hydrogen-bond donors (Lipinski definition) is 2. The first-order valence-corrected chi connectivity index (χ1v) is 6.78. The zero-order valence-electron chi connectivity index (χ0n) is 10.2. The number of nitro benzene ring substituents is 1. The van der Waals surface area contributed by atoms with Gasteiger partial charge in [0.2, 0.25) is 5.91 Å². The summed E-state index contributed by atoms with van der Waals surface area (Å²) in [5.41, 5.74) is 0.755. The average molecular weight is 328 g/mol. The number of carbonyl (C=O) groups is 1. The summed E-state index contributed by atoms with van der Waals surface area (Å²) in [4.78, 5) is 22.0.